The number of ether oxygens (including phenoxy) is 1. The van der Waals surface area contributed by atoms with Crippen LogP contribution >= 0.6 is 11.6 Å². The molecule has 0 radical (unpaired) electrons. The van der Waals surface area contributed by atoms with Crippen molar-refractivity contribution < 1.29 is 9.66 Å². The van der Waals surface area contributed by atoms with E-state index in [-0.39, 0.29) is 29.1 Å². The molecule has 0 aromatic carbocycles. The summed E-state index contributed by atoms with van der Waals surface area (Å²) in [7, 11) is 0. The van der Waals surface area contributed by atoms with Crippen LogP contribution in [0.2, 0.25) is 5.15 Å². The summed E-state index contributed by atoms with van der Waals surface area (Å²) in [5.41, 5.74) is 0.0488. The van der Waals surface area contributed by atoms with Crippen molar-refractivity contribution in [3.8, 4) is 5.88 Å². The molecule has 0 fully saturated rings. The van der Waals surface area contributed by atoms with Gasteiger partial charge in [-0.15, -0.1) is 0 Å². The van der Waals surface area contributed by atoms with Gasteiger partial charge in [0, 0.05) is 6.20 Å². The van der Waals surface area contributed by atoms with Crippen molar-refractivity contribution in [3.05, 3.63) is 39.9 Å². The number of nitrogens with zero attached hydrogens (tertiary/aromatic N) is 4. The van der Waals surface area contributed by atoms with Crippen LogP contribution in [0.1, 0.15) is 6.92 Å². The largest absolute Gasteiger partial charge is 0.473 e. The lowest BCUT2D eigenvalue weighted by Crippen LogP contribution is -2.05. The second kappa shape index (κ2) is 6.11. The molecular formula is C11H10ClN5O3. The molecule has 1 N–H and O–H groups in total. The minimum Gasteiger partial charge on any atom is -0.473 e. The van der Waals surface area contributed by atoms with Gasteiger partial charge in [0.25, 0.3) is 5.88 Å². The second-order valence-corrected chi connectivity index (χ2v) is 3.89. The molecule has 104 valence electrons. The Hall–Kier alpha value is -2.48. The zero-order valence-corrected chi connectivity index (χ0v) is 11.2. The lowest BCUT2D eigenvalue weighted by Gasteiger charge is -2.09. The molecule has 8 nitrogen and oxygen atoms in total. The SMILES string of the molecule is CCOc1ncnc(Nc2cccnc2Cl)c1[N+](=O)[O-]. The topological polar surface area (TPSA) is 103 Å². The highest BCUT2D eigenvalue weighted by Gasteiger charge is 2.24. The van der Waals surface area contributed by atoms with E-state index in [2.05, 4.69) is 20.3 Å². The average molecular weight is 296 g/mol. The number of aromatic nitrogens is 3. The summed E-state index contributed by atoms with van der Waals surface area (Å²) < 4.78 is 5.13. The highest BCUT2D eigenvalue weighted by molar-refractivity contribution is 6.32. The molecule has 0 spiro atoms. The number of halogens is 1. The first-order valence-corrected chi connectivity index (χ1v) is 6.01. The molecule has 0 aliphatic carbocycles. The van der Waals surface area contributed by atoms with Crippen molar-refractivity contribution in [1.82, 2.24) is 15.0 Å². The highest BCUT2D eigenvalue weighted by Crippen LogP contribution is 2.33. The lowest BCUT2D eigenvalue weighted by molar-refractivity contribution is -0.385. The molecule has 0 aliphatic heterocycles. The molecule has 2 heterocycles. The van der Waals surface area contributed by atoms with E-state index in [0.29, 0.717) is 5.69 Å². The number of nitro groups is 1. The first kappa shape index (κ1) is 13.9. The van der Waals surface area contributed by atoms with Crippen LogP contribution in [-0.4, -0.2) is 26.5 Å². The van der Waals surface area contributed by atoms with Crippen LogP contribution in [-0.2, 0) is 0 Å². The minimum atomic E-state index is -0.613. The second-order valence-electron chi connectivity index (χ2n) is 3.53. The minimum absolute atomic E-state index is 0.0108. The highest BCUT2D eigenvalue weighted by atomic mass is 35.5. The summed E-state index contributed by atoms with van der Waals surface area (Å²) in [6, 6.07) is 3.27. The Bertz CT molecular complexity index is 637. The molecule has 0 amide bonds. The average Bonchev–Trinajstić information content (AvgIpc) is 2.41. The van der Waals surface area contributed by atoms with Crippen molar-refractivity contribution in [1.29, 1.82) is 0 Å². The van der Waals surface area contributed by atoms with Crippen LogP contribution in [0.15, 0.2) is 24.7 Å². The van der Waals surface area contributed by atoms with Gasteiger partial charge in [-0.2, -0.15) is 4.98 Å². The van der Waals surface area contributed by atoms with Crippen LogP contribution in [0, 0.1) is 10.1 Å². The van der Waals surface area contributed by atoms with Gasteiger partial charge in [-0.1, -0.05) is 11.6 Å². The number of pyridine rings is 1. The molecule has 0 atom stereocenters. The zero-order chi connectivity index (χ0) is 14.5. The first-order valence-electron chi connectivity index (χ1n) is 5.63. The number of hydrogen-bond donors (Lipinski definition) is 1. The van der Waals surface area contributed by atoms with Crippen LogP contribution < -0.4 is 10.1 Å². The van der Waals surface area contributed by atoms with E-state index >= 15 is 0 Å². The van der Waals surface area contributed by atoms with Crippen LogP contribution in [0.4, 0.5) is 17.2 Å². The molecule has 0 aliphatic rings. The fraction of sp³-hybridized carbons (Fsp3) is 0.182. The summed E-state index contributed by atoms with van der Waals surface area (Å²) in [6.07, 6.45) is 2.68. The number of nitrogens with one attached hydrogen (secondary N) is 1. The van der Waals surface area contributed by atoms with E-state index in [1.54, 1.807) is 19.1 Å². The number of anilines is 2. The first-order chi connectivity index (χ1) is 9.63. The van der Waals surface area contributed by atoms with Gasteiger partial charge in [0.2, 0.25) is 5.82 Å². The van der Waals surface area contributed by atoms with Crippen molar-refractivity contribution in [2.45, 2.75) is 6.92 Å². The predicted octanol–water partition coefficient (Wildman–Crippen LogP) is 2.58. The standard InChI is InChI=1S/C11H10ClN5O3/c1-2-20-11-8(17(18)19)10(14-6-15-11)16-7-4-3-5-13-9(7)12/h3-6H,2H2,1H3,(H,14,15,16). The molecule has 0 bridgehead atoms. The summed E-state index contributed by atoms with van der Waals surface area (Å²) in [4.78, 5) is 22.0. The van der Waals surface area contributed by atoms with Crippen LogP contribution in [0.5, 0.6) is 5.88 Å². The smallest absolute Gasteiger partial charge is 0.373 e. The Morgan fingerprint density at radius 1 is 1.45 bits per heavy atom. The molecule has 0 saturated heterocycles. The zero-order valence-electron chi connectivity index (χ0n) is 10.4. The van der Waals surface area contributed by atoms with Crippen LogP contribution in [0.3, 0.4) is 0 Å². The third-order valence-corrected chi connectivity index (χ3v) is 2.57. The maximum atomic E-state index is 11.1. The van der Waals surface area contributed by atoms with Crippen LogP contribution in [0.25, 0.3) is 0 Å². The predicted molar refractivity (Wildman–Crippen MR) is 72.4 cm³/mol. The summed E-state index contributed by atoms with van der Waals surface area (Å²) in [6.45, 7) is 1.96. The Balaban J connectivity index is 2.44. The van der Waals surface area contributed by atoms with Crippen molar-refractivity contribution in [3.63, 3.8) is 0 Å². The fourth-order valence-corrected chi connectivity index (χ4v) is 1.63. The van der Waals surface area contributed by atoms with Gasteiger partial charge in [-0.05, 0) is 19.1 Å². The van der Waals surface area contributed by atoms with Gasteiger partial charge in [0.15, 0.2) is 5.15 Å². The van der Waals surface area contributed by atoms with E-state index < -0.39 is 4.92 Å². The summed E-state index contributed by atoms with van der Waals surface area (Å²) in [5, 5.41) is 14.1. The monoisotopic (exact) mass is 295 g/mol. The van der Waals surface area contributed by atoms with Gasteiger partial charge < -0.3 is 10.1 Å². The third kappa shape index (κ3) is 2.91. The molecule has 2 aromatic rings. The molecule has 2 rings (SSSR count). The molecule has 0 saturated carbocycles. The van der Waals surface area contributed by atoms with Crippen molar-refractivity contribution in [2.75, 3.05) is 11.9 Å². The maximum absolute atomic E-state index is 11.1. The van der Waals surface area contributed by atoms with Gasteiger partial charge in [-0.25, -0.2) is 9.97 Å². The van der Waals surface area contributed by atoms with Crippen molar-refractivity contribution in [2.24, 2.45) is 0 Å². The van der Waals surface area contributed by atoms with Gasteiger partial charge in [-0.3, -0.25) is 10.1 Å². The summed E-state index contributed by atoms with van der Waals surface area (Å²) >= 11 is 5.89. The number of rotatable bonds is 5. The Labute approximate surface area is 118 Å². The molecule has 20 heavy (non-hydrogen) atoms. The molecule has 9 heteroatoms. The Morgan fingerprint density at radius 2 is 2.25 bits per heavy atom. The normalized spacial score (nSPS) is 10.1. The van der Waals surface area contributed by atoms with Gasteiger partial charge >= 0.3 is 5.69 Å². The molecule has 2 aromatic heterocycles. The molecular weight excluding hydrogens is 286 g/mol. The van der Waals surface area contributed by atoms with Gasteiger partial charge in [0.05, 0.1) is 17.2 Å². The van der Waals surface area contributed by atoms with E-state index in [0.717, 1.165) is 0 Å². The number of hydrogen-bond acceptors (Lipinski definition) is 7. The lowest BCUT2D eigenvalue weighted by atomic mass is 10.4. The molecule has 0 unspecified atom stereocenters. The van der Waals surface area contributed by atoms with E-state index in [1.165, 1.54) is 12.5 Å². The van der Waals surface area contributed by atoms with E-state index in [4.69, 9.17) is 16.3 Å². The fourth-order valence-electron chi connectivity index (χ4n) is 1.47. The van der Waals surface area contributed by atoms with E-state index in [9.17, 15) is 10.1 Å². The van der Waals surface area contributed by atoms with E-state index in [1.807, 2.05) is 0 Å². The van der Waals surface area contributed by atoms with Crippen molar-refractivity contribution >= 4 is 28.8 Å². The summed E-state index contributed by atoms with van der Waals surface area (Å²) in [5.74, 6) is -0.113. The Morgan fingerprint density at radius 3 is 2.90 bits per heavy atom. The van der Waals surface area contributed by atoms with Gasteiger partial charge in [0.1, 0.15) is 6.33 Å². The Kier molecular flexibility index (Phi) is 4.26. The third-order valence-electron chi connectivity index (χ3n) is 2.26. The maximum Gasteiger partial charge on any atom is 0.373 e. The quantitative estimate of drug-likeness (QED) is 0.513.